The topological polar surface area (TPSA) is 42.2 Å². The van der Waals surface area contributed by atoms with E-state index in [2.05, 4.69) is 5.32 Å². The highest BCUT2D eigenvalue weighted by atomic mass is 16.3. The maximum absolute atomic E-state index is 11.8. The van der Waals surface area contributed by atoms with Crippen LogP contribution in [0.4, 0.5) is 0 Å². The normalized spacial score (nSPS) is 12.1. The average molecular weight is 229 g/mol. The quantitative estimate of drug-likeness (QED) is 0.878. The molecule has 1 atom stereocenters. The molecule has 1 aromatic carbocycles. The molecule has 3 nitrogen and oxygen atoms in total. The van der Waals surface area contributed by atoms with Gasteiger partial charge in [-0.25, -0.2) is 0 Å². The third-order valence-corrected chi connectivity index (χ3v) is 2.75. The first-order valence-electron chi connectivity index (χ1n) is 5.58. The molecule has 0 aliphatic rings. The van der Waals surface area contributed by atoms with Crippen LogP contribution in [0.5, 0.6) is 0 Å². The maximum atomic E-state index is 11.8. The van der Waals surface area contributed by atoms with Gasteiger partial charge in [0.05, 0.1) is 12.3 Å². The summed E-state index contributed by atoms with van der Waals surface area (Å²) in [5.41, 5.74) is 2.28. The summed E-state index contributed by atoms with van der Waals surface area (Å²) in [5, 5.41) is 2.91. The van der Waals surface area contributed by atoms with Gasteiger partial charge >= 0.3 is 0 Å². The zero-order valence-electron chi connectivity index (χ0n) is 9.94. The van der Waals surface area contributed by atoms with E-state index in [1.807, 2.05) is 38.1 Å². The highest BCUT2D eigenvalue weighted by molar-refractivity contribution is 5.91. The average Bonchev–Trinajstić information content (AvgIpc) is 2.82. The molecule has 0 fully saturated rings. The van der Waals surface area contributed by atoms with E-state index < -0.39 is 0 Å². The second-order valence-electron chi connectivity index (χ2n) is 4.03. The number of benzene rings is 1. The number of rotatable bonds is 3. The van der Waals surface area contributed by atoms with Crippen molar-refractivity contribution in [1.29, 1.82) is 0 Å². The fourth-order valence-corrected chi connectivity index (χ4v) is 1.83. The Labute approximate surface area is 100 Å². The summed E-state index contributed by atoms with van der Waals surface area (Å²) < 4.78 is 5.05. The Morgan fingerprint density at radius 2 is 2.00 bits per heavy atom. The Bertz CT molecular complexity index is 503. The van der Waals surface area contributed by atoms with Crippen LogP contribution >= 0.6 is 0 Å². The van der Waals surface area contributed by atoms with Gasteiger partial charge in [-0.05, 0) is 37.1 Å². The molecule has 1 N–H and O–H groups in total. The van der Waals surface area contributed by atoms with Gasteiger partial charge < -0.3 is 9.73 Å². The first-order valence-corrected chi connectivity index (χ1v) is 5.58. The lowest BCUT2D eigenvalue weighted by molar-refractivity contribution is 0.0912. The third kappa shape index (κ3) is 2.56. The molecule has 1 heterocycles. The lowest BCUT2D eigenvalue weighted by Gasteiger charge is -2.15. The molecule has 2 rings (SSSR count). The zero-order valence-corrected chi connectivity index (χ0v) is 9.94. The molecule has 0 spiro atoms. The number of nitrogens with one attached hydrogen (secondary N) is 1. The molecular weight excluding hydrogens is 214 g/mol. The van der Waals surface area contributed by atoms with Gasteiger partial charge in [0.2, 0.25) is 0 Å². The van der Waals surface area contributed by atoms with Crippen molar-refractivity contribution in [2.24, 2.45) is 0 Å². The van der Waals surface area contributed by atoms with Crippen molar-refractivity contribution in [3.63, 3.8) is 0 Å². The first-order chi connectivity index (χ1) is 8.18. The van der Waals surface area contributed by atoms with Crippen LogP contribution in [0.15, 0.2) is 47.1 Å². The molecule has 88 valence electrons. The van der Waals surface area contributed by atoms with E-state index in [0.717, 1.165) is 5.56 Å². The lowest BCUT2D eigenvalue weighted by Crippen LogP contribution is -2.26. The number of carbonyl (C=O) groups excluding carboxylic acids is 1. The second-order valence-corrected chi connectivity index (χ2v) is 4.03. The van der Waals surface area contributed by atoms with Crippen molar-refractivity contribution < 1.29 is 9.21 Å². The van der Waals surface area contributed by atoms with E-state index in [4.69, 9.17) is 4.42 Å². The SMILES string of the molecule is Cc1ccccc1[C@H](C)NC(=O)c1ccco1. The van der Waals surface area contributed by atoms with Crippen molar-refractivity contribution in [2.45, 2.75) is 19.9 Å². The van der Waals surface area contributed by atoms with E-state index in [9.17, 15) is 4.79 Å². The summed E-state index contributed by atoms with van der Waals surface area (Å²) in [7, 11) is 0. The summed E-state index contributed by atoms with van der Waals surface area (Å²) >= 11 is 0. The van der Waals surface area contributed by atoms with Gasteiger partial charge in [-0.2, -0.15) is 0 Å². The smallest absolute Gasteiger partial charge is 0.287 e. The second kappa shape index (κ2) is 4.87. The fraction of sp³-hybridized carbons (Fsp3) is 0.214. The molecule has 0 radical (unpaired) electrons. The molecule has 0 bridgehead atoms. The molecular formula is C14H15NO2. The Balaban J connectivity index is 2.10. The zero-order chi connectivity index (χ0) is 12.3. The molecule has 0 aliphatic heterocycles. The summed E-state index contributed by atoms with van der Waals surface area (Å²) in [6.07, 6.45) is 1.49. The van der Waals surface area contributed by atoms with Crippen molar-refractivity contribution in [3.8, 4) is 0 Å². The fourth-order valence-electron chi connectivity index (χ4n) is 1.83. The molecule has 17 heavy (non-hydrogen) atoms. The van der Waals surface area contributed by atoms with Gasteiger partial charge in [0.25, 0.3) is 5.91 Å². The molecule has 0 saturated heterocycles. The molecule has 2 aromatic rings. The van der Waals surface area contributed by atoms with E-state index in [1.165, 1.54) is 11.8 Å². The Morgan fingerprint density at radius 1 is 1.24 bits per heavy atom. The highest BCUT2D eigenvalue weighted by Gasteiger charge is 2.14. The van der Waals surface area contributed by atoms with Gasteiger partial charge in [-0.1, -0.05) is 24.3 Å². The minimum absolute atomic E-state index is 0.0335. The Kier molecular flexibility index (Phi) is 3.28. The standard InChI is InChI=1S/C14H15NO2/c1-10-6-3-4-7-12(10)11(2)15-14(16)13-8-5-9-17-13/h3-9,11H,1-2H3,(H,15,16)/t11-/m0/s1. The number of aryl methyl sites for hydroxylation is 1. The van der Waals surface area contributed by atoms with Gasteiger partial charge in [-0.3, -0.25) is 4.79 Å². The largest absolute Gasteiger partial charge is 0.459 e. The van der Waals surface area contributed by atoms with Crippen LogP contribution < -0.4 is 5.32 Å². The van der Waals surface area contributed by atoms with E-state index in [-0.39, 0.29) is 11.9 Å². The lowest BCUT2D eigenvalue weighted by atomic mass is 10.0. The molecule has 0 saturated carbocycles. The van der Waals surface area contributed by atoms with Crippen LogP contribution in [0.2, 0.25) is 0 Å². The van der Waals surface area contributed by atoms with Crippen molar-refractivity contribution in [2.75, 3.05) is 0 Å². The van der Waals surface area contributed by atoms with E-state index in [1.54, 1.807) is 12.1 Å². The first kappa shape index (κ1) is 11.5. The molecule has 1 amide bonds. The van der Waals surface area contributed by atoms with Crippen molar-refractivity contribution in [1.82, 2.24) is 5.32 Å². The van der Waals surface area contributed by atoms with Crippen LogP contribution in [0.1, 0.15) is 34.6 Å². The van der Waals surface area contributed by atoms with E-state index >= 15 is 0 Å². The predicted molar refractivity (Wildman–Crippen MR) is 65.8 cm³/mol. The third-order valence-electron chi connectivity index (χ3n) is 2.75. The Hall–Kier alpha value is -2.03. The van der Waals surface area contributed by atoms with Gasteiger partial charge in [0.1, 0.15) is 0 Å². The summed E-state index contributed by atoms with van der Waals surface area (Å²) in [4.78, 5) is 11.8. The van der Waals surface area contributed by atoms with Crippen LogP contribution in [0.3, 0.4) is 0 Å². The minimum atomic E-state index is -0.189. The molecule has 1 aromatic heterocycles. The van der Waals surface area contributed by atoms with E-state index in [0.29, 0.717) is 5.76 Å². The van der Waals surface area contributed by atoms with Crippen LogP contribution in [-0.2, 0) is 0 Å². The maximum Gasteiger partial charge on any atom is 0.287 e. The number of amides is 1. The summed E-state index contributed by atoms with van der Waals surface area (Å²) in [6, 6.07) is 11.3. The Morgan fingerprint density at radius 3 is 2.65 bits per heavy atom. The number of carbonyl (C=O) groups is 1. The minimum Gasteiger partial charge on any atom is -0.459 e. The van der Waals surface area contributed by atoms with Crippen LogP contribution in [0, 0.1) is 6.92 Å². The number of furan rings is 1. The number of hydrogen-bond donors (Lipinski definition) is 1. The van der Waals surface area contributed by atoms with Gasteiger partial charge in [0.15, 0.2) is 5.76 Å². The summed E-state index contributed by atoms with van der Waals surface area (Å²) in [5.74, 6) is 0.149. The monoisotopic (exact) mass is 229 g/mol. The molecule has 0 aliphatic carbocycles. The summed E-state index contributed by atoms with van der Waals surface area (Å²) in [6.45, 7) is 3.99. The number of hydrogen-bond acceptors (Lipinski definition) is 2. The molecule has 3 heteroatoms. The van der Waals surface area contributed by atoms with Gasteiger partial charge in [-0.15, -0.1) is 0 Å². The van der Waals surface area contributed by atoms with Crippen molar-refractivity contribution in [3.05, 3.63) is 59.5 Å². The predicted octanol–water partition coefficient (Wildman–Crippen LogP) is 3.08. The van der Waals surface area contributed by atoms with Gasteiger partial charge in [0, 0.05) is 0 Å². The van der Waals surface area contributed by atoms with Crippen molar-refractivity contribution >= 4 is 5.91 Å². The molecule has 0 unspecified atom stereocenters. The van der Waals surface area contributed by atoms with Crippen LogP contribution in [-0.4, -0.2) is 5.91 Å². The van der Waals surface area contributed by atoms with Crippen LogP contribution in [0.25, 0.3) is 0 Å². The highest BCUT2D eigenvalue weighted by Crippen LogP contribution is 2.17.